The summed E-state index contributed by atoms with van der Waals surface area (Å²) in [5.41, 5.74) is 11.1. The standard InChI is InChI=1S/C19H23ClN2O/c1-10-8-13(12-6-5-7-14(21)18(12)23)16(20)15-11(2)9-19(3,4)22-17(10)15/h5-8,11,22-23H,9,21H2,1-4H3. The highest BCUT2D eigenvalue weighted by Gasteiger charge is 2.33. The molecule has 2 aromatic carbocycles. The van der Waals surface area contributed by atoms with Crippen LogP contribution in [-0.4, -0.2) is 10.6 Å². The van der Waals surface area contributed by atoms with Gasteiger partial charge in [0.15, 0.2) is 0 Å². The van der Waals surface area contributed by atoms with Gasteiger partial charge in [-0.3, -0.25) is 0 Å². The third-order valence-electron chi connectivity index (χ3n) is 4.63. The van der Waals surface area contributed by atoms with E-state index >= 15 is 0 Å². The van der Waals surface area contributed by atoms with Crippen molar-refractivity contribution in [1.29, 1.82) is 0 Å². The molecule has 3 rings (SSSR count). The van der Waals surface area contributed by atoms with E-state index < -0.39 is 0 Å². The van der Waals surface area contributed by atoms with Crippen LogP contribution >= 0.6 is 11.6 Å². The zero-order valence-corrected chi connectivity index (χ0v) is 14.8. The molecule has 23 heavy (non-hydrogen) atoms. The second-order valence-electron chi connectivity index (χ2n) is 7.20. The zero-order chi connectivity index (χ0) is 16.9. The van der Waals surface area contributed by atoms with Gasteiger partial charge in [-0.15, -0.1) is 0 Å². The first-order valence-electron chi connectivity index (χ1n) is 7.90. The zero-order valence-electron chi connectivity index (χ0n) is 14.0. The number of para-hydroxylation sites is 1. The summed E-state index contributed by atoms with van der Waals surface area (Å²) in [5.74, 6) is 0.432. The van der Waals surface area contributed by atoms with Crippen molar-refractivity contribution >= 4 is 23.0 Å². The van der Waals surface area contributed by atoms with Gasteiger partial charge in [-0.25, -0.2) is 0 Å². The Kier molecular flexibility index (Phi) is 3.72. The fraction of sp³-hybridized carbons (Fsp3) is 0.368. The van der Waals surface area contributed by atoms with Crippen LogP contribution in [0.5, 0.6) is 5.75 Å². The number of hydrogen-bond acceptors (Lipinski definition) is 3. The summed E-state index contributed by atoms with van der Waals surface area (Å²) in [6, 6.07) is 7.39. The van der Waals surface area contributed by atoms with E-state index in [9.17, 15) is 5.11 Å². The fourth-order valence-electron chi connectivity index (χ4n) is 3.68. The molecule has 122 valence electrons. The SMILES string of the molecule is Cc1cc(-c2cccc(N)c2O)c(Cl)c2c1NC(C)(C)CC2C. The van der Waals surface area contributed by atoms with Gasteiger partial charge in [0.2, 0.25) is 0 Å². The van der Waals surface area contributed by atoms with E-state index in [4.69, 9.17) is 17.3 Å². The maximum Gasteiger partial charge on any atom is 0.146 e. The lowest BCUT2D eigenvalue weighted by Crippen LogP contribution is -2.37. The molecule has 4 heteroatoms. The van der Waals surface area contributed by atoms with E-state index in [-0.39, 0.29) is 11.3 Å². The van der Waals surface area contributed by atoms with Crippen LogP contribution in [0.15, 0.2) is 24.3 Å². The van der Waals surface area contributed by atoms with Crippen molar-refractivity contribution in [3.8, 4) is 16.9 Å². The van der Waals surface area contributed by atoms with Gasteiger partial charge in [0.25, 0.3) is 0 Å². The summed E-state index contributed by atoms with van der Waals surface area (Å²) in [6.45, 7) is 8.69. The number of anilines is 2. The Morgan fingerprint density at radius 3 is 2.70 bits per heavy atom. The predicted octanol–water partition coefficient (Wildman–Crippen LogP) is 5.30. The molecule has 1 aliphatic rings. The Hall–Kier alpha value is -1.87. The van der Waals surface area contributed by atoms with Gasteiger partial charge in [0, 0.05) is 22.4 Å². The summed E-state index contributed by atoms with van der Waals surface area (Å²) >= 11 is 6.75. The lowest BCUT2D eigenvalue weighted by Gasteiger charge is -2.39. The van der Waals surface area contributed by atoms with E-state index in [1.807, 2.05) is 18.2 Å². The van der Waals surface area contributed by atoms with Gasteiger partial charge in [-0.1, -0.05) is 30.7 Å². The first-order chi connectivity index (χ1) is 10.7. The summed E-state index contributed by atoms with van der Waals surface area (Å²) in [4.78, 5) is 0. The van der Waals surface area contributed by atoms with Crippen LogP contribution in [0.2, 0.25) is 5.02 Å². The summed E-state index contributed by atoms with van der Waals surface area (Å²) in [7, 11) is 0. The Morgan fingerprint density at radius 1 is 1.30 bits per heavy atom. The van der Waals surface area contributed by atoms with Crippen LogP contribution < -0.4 is 11.1 Å². The quantitative estimate of drug-likeness (QED) is 0.491. The smallest absolute Gasteiger partial charge is 0.146 e. The Balaban J connectivity index is 2.25. The number of nitrogen functional groups attached to an aromatic ring is 1. The number of phenols is 1. The number of benzene rings is 2. The molecule has 0 aromatic heterocycles. The average molecular weight is 331 g/mol. The topological polar surface area (TPSA) is 58.3 Å². The van der Waals surface area contributed by atoms with Crippen molar-refractivity contribution in [2.45, 2.75) is 45.6 Å². The molecule has 0 fully saturated rings. The number of phenolic OH excluding ortho intramolecular Hbond substituents is 1. The number of nitrogens with two attached hydrogens (primary N) is 1. The monoisotopic (exact) mass is 330 g/mol. The van der Waals surface area contributed by atoms with E-state index in [1.54, 1.807) is 6.07 Å². The van der Waals surface area contributed by atoms with Gasteiger partial charge < -0.3 is 16.2 Å². The van der Waals surface area contributed by atoms with E-state index in [0.29, 0.717) is 22.2 Å². The van der Waals surface area contributed by atoms with Crippen LogP contribution in [0.4, 0.5) is 11.4 Å². The average Bonchev–Trinajstić information content (AvgIpc) is 2.44. The van der Waals surface area contributed by atoms with Crippen LogP contribution in [-0.2, 0) is 0 Å². The lowest BCUT2D eigenvalue weighted by atomic mass is 9.79. The largest absolute Gasteiger partial charge is 0.505 e. The third-order valence-corrected chi connectivity index (χ3v) is 5.03. The molecular formula is C19H23ClN2O. The van der Waals surface area contributed by atoms with Crippen LogP contribution in [0.1, 0.15) is 44.2 Å². The summed E-state index contributed by atoms with van der Waals surface area (Å²) in [5, 5.41) is 14.6. The molecule has 0 bridgehead atoms. The van der Waals surface area contributed by atoms with E-state index in [2.05, 4.69) is 33.0 Å². The van der Waals surface area contributed by atoms with Gasteiger partial charge >= 0.3 is 0 Å². The number of hydrogen-bond donors (Lipinski definition) is 3. The molecule has 1 unspecified atom stereocenters. The maximum absolute atomic E-state index is 10.3. The predicted molar refractivity (Wildman–Crippen MR) is 98.4 cm³/mol. The van der Waals surface area contributed by atoms with E-state index in [0.717, 1.165) is 28.8 Å². The number of nitrogens with one attached hydrogen (secondary N) is 1. The fourth-order valence-corrected chi connectivity index (χ4v) is 4.12. The summed E-state index contributed by atoms with van der Waals surface area (Å²) in [6.07, 6.45) is 1.01. The van der Waals surface area contributed by atoms with Crippen LogP contribution in [0, 0.1) is 6.92 Å². The normalized spacial score (nSPS) is 19.1. The number of rotatable bonds is 1. The third kappa shape index (κ3) is 2.63. The first kappa shape index (κ1) is 16.0. The molecule has 1 aliphatic heterocycles. The number of halogens is 1. The Morgan fingerprint density at radius 2 is 2.00 bits per heavy atom. The maximum atomic E-state index is 10.3. The highest BCUT2D eigenvalue weighted by molar-refractivity contribution is 6.35. The molecule has 0 aliphatic carbocycles. The number of aryl methyl sites for hydroxylation is 1. The molecule has 0 spiro atoms. The van der Waals surface area contributed by atoms with Crippen molar-refractivity contribution in [3.63, 3.8) is 0 Å². The van der Waals surface area contributed by atoms with Gasteiger partial charge in [-0.2, -0.15) is 0 Å². The molecule has 1 heterocycles. The lowest BCUT2D eigenvalue weighted by molar-refractivity contribution is 0.453. The molecule has 4 N–H and O–H groups in total. The summed E-state index contributed by atoms with van der Waals surface area (Å²) < 4.78 is 0. The second-order valence-corrected chi connectivity index (χ2v) is 7.58. The molecule has 1 atom stereocenters. The molecule has 0 amide bonds. The molecule has 2 aromatic rings. The minimum Gasteiger partial charge on any atom is -0.505 e. The van der Waals surface area contributed by atoms with Crippen molar-refractivity contribution in [1.82, 2.24) is 0 Å². The molecule has 3 nitrogen and oxygen atoms in total. The van der Waals surface area contributed by atoms with Gasteiger partial charge in [-0.05, 0) is 56.4 Å². The number of fused-ring (bicyclic) bond motifs is 1. The van der Waals surface area contributed by atoms with Gasteiger partial charge in [0.1, 0.15) is 5.75 Å². The molecule has 0 radical (unpaired) electrons. The van der Waals surface area contributed by atoms with Crippen molar-refractivity contribution in [2.24, 2.45) is 0 Å². The Bertz CT molecular complexity index is 783. The Labute approximate surface area is 142 Å². The van der Waals surface area contributed by atoms with Crippen molar-refractivity contribution in [3.05, 3.63) is 40.4 Å². The van der Waals surface area contributed by atoms with Crippen molar-refractivity contribution in [2.75, 3.05) is 11.1 Å². The first-order valence-corrected chi connectivity index (χ1v) is 8.28. The second kappa shape index (κ2) is 5.34. The van der Waals surface area contributed by atoms with Crippen LogP contribution in [0.3, 0.4) is 0 Å². The highest BCUT2D eigenvalue weighted by atomic mass is 35.5. The van der Waals surface area contributed by atoms with Crippen LogP contribution in [0.25, 0.3) is 11.1 Å². The van der Waals surface area contributed by atoms with Crippen molar-refractivity contribution < 1.29 is 5.11 Å². The van der Waals surface area contributed by atoms with Gasteiger partial charge in [0.05, 0.1) is 10.7 Å². The molecular weight excluding hydrogens is 308 g/mol. The molecule has 0 saturated heterocycles. The molecule has 0 saturated carbocycles. The van der Waals surface area contributed by atoms with E-state index in [1.165, 1.54) is 0 Å². The minimum absolute atomic E-state index is 0.0430. The minimum atomic E-state index is 0.0430. The number of aromatic hydroxyl groups is 1. The highest BCUT2D eigenvalue weighted by Crippen LogP contribution is 2.49.